The van der Waals surface area contributed by atoms with Crippen LogP contribution in [0.4, 0.5) is 11.4 Å². The molecule has 19 heavy (non-hydrogen) atoms. The van der Waals surface area contributed by atoms with Crippen LogP contribution in [0, 0.1) is 10.1 Å². The molecule has 0 spiro atoms. The molecule has 6 heteroatoms. The third-order valence-electron chi connectivity index (χ3n) is 3.01. The summed E-state index contributed by atoms with van der Waals surface area (Å²) in [6, 6.07) is 5.08. The maximum Gasteiger partial charge on any atom is 0.293 e. The highest BCUT2D eigenvalue weighted by molar-refractivity contribution is 5.61. The molecule has 0 saturated heterocycles. The number of nitro groups is 1. The van der Waals surface area contributed by atoms with Crippen LogP contribution in [0.25, 0.3) is 0 Å². The van der Waals surface area contributed by atoms with E-state index in [1.165, 1.54) is 12.8 Å². The van der Waals surface area contributed by atoms with Crippen molar-refractivity contribution in [3.05, 3.63) is 33.9 Å². The molecule has 0 fully saturated rings. The SMILES string of the molecule is CCCCCN(C)Cc1ccc(NN)c([N+](=O)[O-])c1. The molecule has 3 N–H and O–H groups in total. The Bertz CT molecular complexity index is 423. The third kappa shape index (κ3) is 4.84. The van der Waals surface area contributed by atoms with Crippen LogP contribution in [0.1, 0.15) is 31.7 Å². The van der Waals surface area contributed by atoms with E-state index in [9.17, 15) is 10.1 Å². The van der Waals surface area contributed by atoms with Crippen molar-refractivity contribution in [1.29, 1.82) is 0 Å². The molecule has 0 bridgehead atoms. The molecule has 0 aliphatic rings. The van der Waals surface area contributed by atoms with Crippen LogP contribution in [-0.2, 0) is 6.54 Å². The second kappa shape index (κ2) is 7.70. The van der Waals surface area contributed by atoms with E-state index in [2.05, 4.69) is 17.2 Å². The molecule has 1 aromatic carbocycles. The number of nitrogens with one attached hydrogen (secondary N) is 1. The first-order valence-corrected chi connectivity index (χ1v) is 6.51. The number of nitrogens with two attached hydrogens (primary N) is 1. The molecule has 0 heterocycles. The van der Waals surface area contributed by atoms with Gasteiger partial charge in [-0.05, 0) is 31.6 Å². The van der Waals surface area contributed by atoms with Gasteiger partial charge in [-0.25, -0.2) is 0 Å². The van der Waals surface area contributed by atoms with Crippen molar-refractivity contribution in [3.8, 4) is 0 Å². The number of hydrogen-bond donors (Lipinski definition) is 2. The summed E-state index contributed by atoms with van der Waals surface area (Å²) in [6.07, 6.45) is 3.55. The fraction of sp³-hybridized carbons (Fsp3) is 0.538. The summed E-state index contributed by atoms with van der Waals surface area (Å²) < 4.78 is 0. The van der Waals surface area contributed by atoms with Crippen molar-refractivity contribution in [2.75, 3.05) is 19.0 Å². The average Bonchev–Trinajstić information content (AvgIpc) is 2.39. The molecule has 1 rings (SSSR count). The number of benzene rings is 1. The number of hydrazine groups is 1. The summed E-state index contributed by atoms with van der Waals surface area (Å²) in [7, 11) is 2.02. The molecule has 0 amide bonds. The van der Waals surface area contributed by atoms with E-state index in [1.807, 2.05) is 13.1 Å². The number of nitro benzene ring substituents is 1. The van der Waals surface area contributed by atoms with E-state index in [4.69, 9.17) is 5.84 Å². The molecule has 1 aromatic rings. The zero-order valence-corrected chi connectivity index (χ0v) is 11.6. The fourth-order valence-corrected chi connectivity index (χ4v) is 1.97. The van der Waals surface area contributed by atoms with Crippen LogP contribution in [0.15, 0.2) is 18.2 Å². The van der Waals surface area contributed by atoms with Gasteiger partial charge in [0.25, 0.3) is 5.69 Å². The zero-order chi connectivity index (χ0) is 14.3. The minimum absolute atomic E-state index is 0.0157. The van der Waals surface area contributed by atoms with Gasteiger partial charge in [0.1, 0.15) is 5.69 Å². The van der Waals surface area contributed by atoms with Gasteiger partial charge in [-0.3, -0.25) is 16.0 Å². The highest BCUT2D eigenvalue weighted by atomic mass is 16.6. The molecule has 106 valence electrons. The maximum absolute atomic E-state index is 10.9. The van der Waals surface area contributed by atoms with Gasteiger partial charge < -0.3 is 10.3 Å². The predicted octanol–water partition coefficient (Wildman–Crippen LogP) is 2.50. The van der Waals surface area contributed by atoms with Gasteiger partial charge in [-0.2, -0.15) is 0 Å². The number of anilines is 1. The topological polar surface area (TPSA) is 84.4 Å². The molecule has 0 aromatic heterocycles. The van der Waals surface area contributed by atoms with Gasteiger partial charge >= 0.3 is 0 Å². The van der Waals surface area contributed by atoms with E-state index in [0.717, 1.165) is 18.5 Å². The lowest BCUT2D eigenvalue weighted by Gasteiger charge is -2.16. The van der Waals surface area contributed by atoms with Crippen LogP contribution < -0.4 is 11.3 Å². The van der Waals surface area contributed by atoms with Gasteiger partial charge in [-0.15, -0.1) is 0 Å². The summed E-state index contributed by atoms with van der Waals surface area (Å²) in [6.45, 7) is 3.87. The van der Waals surface area contributed by atoms with Crippen LogP contribution in [0.5, 0.6) is 0 Å². The number of unbranched alkanes of at least 4 members (excludes halogenated alkanes) is 2. The summed E-state index contributed by atoms with van der Waals surface area (Å²) in [5, 5.41) is 10.9. The van der Waals surface area contributed by atoms with Crippen molar-refractivity contribution in [1.82, 2.24) is 4.90 Å². The molecular formula is C13H22N4O2. The van der Waals surface area contributed by atoms with E-state index in [1.54, 1.807) is 12.1 Å². The smallest absolute Gasteiger partial charge is 0.293 e. The number of nitrogens with zero attached hydrogens (tertiary/aromatic N) is 2. The highest BCUT2D eigenvalue weighted by Gasteiger charge is 2.14. The quantitative estimate of drug-likeness (QED) is 0.327. The summed E-state index contributed by atoms with van der Waals surface area (Å²) >= 11 is 0. The lowest BCUT2D eigenvalue weighted by Crippen LogP contribution is -2.19. The van der Waals surface area contributed by atoms with E-state index >= 15 is 0 Å². The first-order valence-electron chi connectivity index (χ1n) is 6.51. The lowest BCUT2D eigenvalue weighted by molar-refractivity contribution is -0.384. The Morgan fingerprint density at radius 2 is 2.16 bits per heavy atom. The summed E-state index contributed by atoms with van der Waals surface area (Å²) in [4.78, 5) is 12.7. The Morgan fingerprint density at radius 1 is 1.42 bits per heavy atom. The van der Waals surface area contributed by atoms with E-state index in [-0.39, 0.29) is 5.69 Å². The molecule has 0 aliphatic heterocycles. The van der Waals surface area contributed by atoms with Crippen molar-refractivity contribution < 1.29 is 4.92 Å². The number of hydrogen-bond acceptors (Lipinski definition) is 5. The standard InChI is InChI=1S/C13H22N4O2/c1-3-4-5-8-16(2)10-11-6-7-12(15-14)13(9-11)17(18)19/h6-7,9,15H,3-5,8,10,14H2,1-2H3. The number of nitrogen functional groups attached to an aromatic ring is 1. The zero-order valence-electron chi connectivity index (χ0n) is 11.6. The van der Waals surface area contributed by atoms with E-state index < -0.39 is 4.92 Å². The van der Waals surface area contributed by atoms with Crippen LogP contribution in [0.2, 0.25) is 0 Å². The van der Waals surface area contributed by atoms with Gasteiger partial charge in [-0.1, -0.05) is 25.8 Å². The average molecular weight is 266 g/mol. The van der Waals surface area contributed by atoms with Crippen LogP contribution in [0.3, 0.4) is 0 Å². The number of rotatable bonds is 8. The normalized spacial score (nSPS) is 10.7. The minimum Gasteiger partial charge on any atom is -0.318 e. The van der Waals surface area contributed by atoms with Gasteiger partial charge in [0.2, 0.25) is 0 Å². The van der Waals surface area contributed by atoms with Crippen molar-refractivity contribution in [2.45, 2.75) is 32.7 Å². The Morgan fingerprint density at radius 3 is 2.74 bits per heavy atom. The Hall–Kier alpha value is -1.66. The molecule has 6 nitrogen and oxygen atoms in total. The summed E-state index contributed by atoms with van der Waals surface area (Å²) in [5.41, 5.74) is 3.62. The Balaban J connectivity index is 2.68. The van der Waals surface area contributed by atoms with Gasteiger partial charge in [0, 0.05) is 12.6 Å². The predicted molar refractivity (Wildman–Crippen MR) is 76.8 cm³/mol. The van der Waals surface area contributed by atoms with Crippen molar-refractivity contribution in [2.24, 2.45) is 5.84 Å². The van der Waals surface area contributed by atoms with E-state index in [0.29, 0.717) is 12.2 Å². The molecule has 0 saturated carbocycles. The van der Waals surface area contributed by atoms with Gasteiger partial charge in [0.15, 0.2) is 0 Å². The van der Waals surface area contributed by atoms with Crippen LogP contribution >= 0.6 is 0 Å². The van der Waals surface area contributed by atoms with Crippen molar-refractivity contribution in [3.63, 3.8) is 0 Å². The molecule has 0 atom stereocenters. The second-order valence-electron chi connectivity index (χ2n) is 4.70. The molecule has 0 radical (unpaired) electrons. The molecule has 0 unspecified atom stereocenters. The minimum atomic E-state index is -0.421. The van der Waals surface area contributed by atoms with Crippen molar-refractivity contribution >= 4 is 11.4 Å². The lowest BCUT2D eigenvalue weighted by atomic mass is 10.1. The highest BCUT2D eigenvalue weighted by Crippen LogP contribution is 2.25. The van der Waals surface area contributed by atoms with Gasteiger partial charge in [0.05, 0.1) is 4.92 Å². The Labute approximate surface area is 113 Å². The first-order chi connectivity index (χ1) is 9.08. The fourth-order valence-electron chi connectivity index (χ4n) is 1.97. The third-order valence-corrected chi connectivity index (χ3v) is 3.01. The first kappa shape index (κ1) is 15.4. The van der Waals surface area contributed by atoms with Crippen LogP contribution in [-0.4, -0.2) is 23.4 Å². The second-order valence-corrected chi connectivity index (χ2v) is 4.70. The molecule has 0 aliphatic carbocycles. The Kier molecular flexibility index (Phi) is 6.24. The molecular weight excluding hydrogens is 244 g/mol. The maximum atomic E-state index is 10.9. The largest absolute Gasteiger partial charge is 0.318 e. The monoisotopic (exact) mass is 266 g/mol. The summed E-state index contributed by atoms with van der Waals surface area (Å²) in [5.74, 6) is 5.26.